The van der Waals surface area contributed by atoms with Gasteiger partial charge in [0.05, 0.1) is 9.77 Å². The van der Waals surface area contributed by atoms with Crippen molar-refractivity contribution in [1.29, 1.82) is 0 Å². The lowest BCUT2D eigenvalue weighted by molar-refractivity contribution is 0.243. The van der Waals surface area contributed by atoms with Gasteiger partial charge in [0.15, 0.2) is 16.4 Å². The van der Waals surface area contributed by atoms with Crippen LogP contribution in [0.4, 0.5) is 0 Å². The molecule has 0 atom stereocenters. The molecule has 0 unspecified atom stereocenters. The predicted molar refractivity (Wildman–Crippen MR) is 89.2 cm³/mol. The highest BCUT2D eigenvalue weighted by Crippen LogP contribution is 2.27. The molecule has 0 aliphatic heterocycles. The Morgan fingerprint density at radius 2 is 2.04 bits per heavy atom. The molecule has 1 aromatic carbocycles. The minimum absolute atomic E-state index is 0.109. The van der Waals surface area contributed by atoms with E-state index in [1.54, 1.807) is 12.1 Å². The number of benzene rings is 1. The molecule has 0 saturated heterocycles. The van der Waals surface area contributed by atoms with Crippen LogP contribution in [0.2, 0.25) is 0 Å². The number of nitrogens with zero attached hydrogens (tertiary/aromatic N) is 2. The highest BCUT2D eigenvalue weighted by molar-refractivity contribution is 9.10. The summed E-state index contributed by atoms with van der Waals surface area (Å²) in [6.45, 7) is 0.109. The topological polar surface area (TPSA) is 82.3 Å². The van der Waals surface area contributed by atoms with E-state index in [9.17, 15) is 8.42 Å². The van der Waals surface area contributed by atoms with Crippen LogP contribution in [0.5, 0.6) is 5.75 Å². The smallest absolute Gasteiger partial charge is 0.264 e. The number of hydrogen-bond acceptors (Lipinski definition) is 7. The second-order valence-corrected chi connectivity index (χ2v) is 8.52. The van der Waals surface area contributed by atoms with Crippen molar-refractivity contribution in [1.82, 2.24) is 10.1 Å². The van der Waals surface area contributed by atoms with Gasteiger partial charge >= 0.3 is 0 Å². The SMILES string of the molecule is CS(=O)(=O)c1ccc(OCc2nc(-c3cc(Br)cs3)no2)cc1. The second kappa shape index (κ2) is 6.42. The Kier molecular flexibility index (Phi) is 4.51. The first-order valence-corrected chi connectivity index (χ1v) is 9.98. The Hall–Kier alpha value is -1.71. The number of rotatable bonds is 5. The Morgan fingerprint density at radius 3 is 2.65 bits per heavy atom. The summed E-state index contributed by atoms with van der Waals surface area (Å²) in [4.78, 5) is 5.39. The Morgan fingerprint density at radius 1 is 1.30 bits per heavy atom. The van der Waals surface area contributed by atoms with Crippen LogP contribution >= 0.6 is 27.3 Å². The number of hydrogen-bond donors (Lipinski definition) is 0. The standard InChI is InChI=1S/C14H11BrN2O4S2/c1-23(18,19)11-4-2-10(3-5-11)20-7-13-16-14(17-21-13)12-6-9(15)8-22-12/h2-6,8H,7H2,1H3. The van der Waals surface area contributed by atoms with Crippen molar-refractivity contribution in [2.45, 2.75) is 11.5 Å². The minimum atomic E-state index is -3.21. The van der Waals surface area contributed by atoms with E-state index in [1.807, 2.05) is 11.4 Å². The van der Waals surface area contributed by atoms with Gasteiger partial charge in [0, 0.05) is 16.1 Å². The van der Waals surface area contributed by atoms with Gasteiger partial charge in [0.2, 0.25) is 5.82 Å². The van der Waals surface area contributed by atoms with E-state index in [0.29, 0.717) is 17.5 Å². The fourth-order valence-electron chi connectivity index (χ4n) is 1.77. The predicted octanol–water partition coefficient (Wildman–Crippen LogP) is 3.54. The maximum absolute atomic E-state index is 11.4. The molecule has 2 heterocycles. The second-order valence-electron chi connectivity index (χ2n) is 4.67. The first kappa shape index (κ1) is 16.2. The van der Waals surface area contributed by atoms with Crippen molar-refractivity contribution in [3.8, 4) is 16.5 Å². The van der Waals surface area contributed by atoms with Crippen LogP contribution < -0.4 is 4.74 Å². The van der Waals surface area contributed by atoms with E-state index in [1.165, 1.54) is 23.5 Å². The third-order valence-electron chi connectivity index (χ3n) is 2.87. The molecule has 2 aromatic heterocycles. The van der Waals surface area contributed by atoms with Crippen LogP contribution in [-0.2, 0) is 16.4 Å². The van der Waals surface area contributed by atoms with E-state index in [0.717, 1.165) is 15.6 Å². The fraction of sp³-hybridized carbons (Fsp3) is 0.143. The molecule has 0 radical (unpaired) electrons. The van der Waals surface area contributed by atoms with Crippen LogP contribution in [0.3, 0.4) is 0 Å². The largest absolute Gasteiger partial charge is 0.484 e. The van der Waals surface area contributed by atoms with Crippen LogP contribution in [0.25, 0.3) is 10.7 Å². The third kappa shape index (κ3) is 3.98. The lowest BCUT2D eigenvalue weighted by atomic mass is 10.3. The highest BCUT2D eigenvalue weighted by Gasteiger charge is 2.11. The summed E-state index contributed by atoms with van der Waals surface area (Å²) < 4.78 is 34.4. The van der Waals surface area contributed by atoms with E-state index in [4.69, 9.17) is 9.26 Å². The molecule has 3 aromatic rings. The molecule has 0 fully saturated rings. The molecular weight excluding hydrogens is 404 g/mol. The van der Waals surface area contributed by atoms with Gasteiger partial charge in [-0.05, 0) is 46.3 Å². The van der Waals surface area contributed by atoms with Gasteiger partial charge in [-0.2, -0.15) is 4.98 Å². The lowest BCUT2D eigenvalue weighted by Crippen LogP contribution is -1.98. The van der Waals surface area contributed by atoms with Crippen molar-refractivity contribution in [2.24, 2.45) is 0 Å². The summed E-state index contributed by atoms with van der Waals surface area (Å²) in [6.07, 6.45) is 1.16. The Balaban J connectivity index is 1.66. The van der Waals surface area contributed by atoms with Crippen LogP contribution in [0.15, 0.2) is 49.6 Å². The molecular formula is C14H11BrN2O4S2. The zero-order valence-electron chi connectivity index (χ0n) is 11.9. The Labute approximate surface area is 145 Å². The minimum Gasteiger partial charge on any atom is -0.484 e. The van der Waals surface area contributed by atoms with E-state index >= 15 is 0 Å². The molecule has 0 bridgehead atoms. The van der Waals surface area contributed by atoms with E-state index in [-0.39, 0.29) is 11.5 Å². The summed E-state index contributed by atoms with van der Waals surface area (Å²) in [5.74, 6) is 1.37. The number of aromatic nitrogens is 2. The monoisotopic (exact) mass is 414 g/mol. The van der Waals surface area contributed by atoms with Crippen molar-refractivity contribution in [3.63, 3.8) is 0 Å². The van der Waals surface area contributed by atoms with Crippen LogP contribution in [-0.4, -0.2) is 24.8 Å². The van der Waals surface area contributed by atoms with Gasteiger partial charge < -0.3 is 9.26 Å². The summed E-state index contributed by atoms with van der Waals surface area (Å²) in [5.41, 5.74) is 0. The number of sulfone groups is 1. The molecule has 0 saturated carbocycles. The van der Waals surface area contributed by atoms with Gasteiger partial charge in [-0.3, -0.25) is 0 Å². The van der Waals surface area contributed by atoms with Gasteiger partial charge in [0.1, 0.15) is 5.75 Å². The highest BCUT2D eigenvalue weighted by atomic mass is 79.9. The number of ether oxygens (including phenoxy) is 1. The first-order chi connectivity index (χ1) is 10.9. The molecule has 0 spiro atoms. The Bertz CT molecular complexity index is 916. The normalized spacial score (nSPS) is 11.6. The molecule has 0 N–H and O–H groups in total. The maximum Gasteiger partial charge on any atom is 0.264 e. The van der Waals surface area contributed by atoms with Crippen LogP contribution in [0, 0.1) is 0 Å². The zero-order valence-corrected chi connectivity index (χ0v) is 15.1. The number of halogens is 1. The van der Waals surface area contributed by atoms with Crippen molar-refractivity contribution in [3.05, 3.63) is 46.1 Å². The van der Waals surface area contributed by atoms with Crippen molar-refractivity contribution >= 4 is 37.1 Å². The summed E-state index contributed by atoms with van der Waals surface area (Å²) in [6, 6.07) is 8.07. The van der Waals surface area contributed by atoms with Crippen molar-refractivity contribution in [2.75, 3.05) is 6.26 Å². The molecule has 9 heteroatoms. The average Bonchev–Trinajstić information content (AvgIpc) is 3.13. The molecule has 0 aliphatic carbocycles. The molecule has 6 nitrogen and oxygen atoms in total. The maximum atomic E-state index is 11.4. The summed E-state index contributed by atoms with van der Waals surface area (Å²) in [5, 5.41) is 5.84. The van der Waals surface area contributed by atoms with Crippen molar-refractivity contribution < 1.29 is 17.7 Å². The third-order valence-corrected chi connectivity index (χ3v) is 5.69. The van der Waals surface area contributed by atoms with Gasteiger partial charge in [0.25, 0.3) is 5.89 Å². The first-order valence-electron chi connectivity index (χ1n) is 6.42. The van der Waals surface area contributed by atoms with E-state index < -0.39 is 9.84 Å². The quantitative estimate of drug-likeness (QED) is 0.634. The fourth-order valence-corrected chi connectivity index (χ4v) is 3.75. The molecule has 3 rings (SSSR count). The number of thiophene rings is 1. The van der Waals surface area contributed by atoms with Crippen LogP contribution in [0.1, 0.15) is 5.89 Å². The van der Waals surface area contributed by atoms with E-state index in [2.05, 4.69) is 26.1 Å². The molecule has 0 aliphatic rings. The van der Waals surface area contributed by atoms with Gasteiger partial charge in [-0.15, -0.1) is 11.3 Å². The molecule has 0 amide bonds. The average molecular weight is 415 g/mol. The van der Waals surface area contributed by atoms with Gasteiger partial charge in [-0.25, -0.2) is 8.42 Å². The molecule has 120 valence electrons. The summed E-state index contributed by atoms with van der Waals surface area (Å²) in [7, 11) is -3.21. The molecule has 23 heavy (non-hydrogen) atoms. The zero-order chi connectivity index (χ0) is 16.4. The summed E-state index contributed by atoms with van der Waals surface area (Å²) >= 11 is 4.88. The van der Waals surface area contributed by atoms with Gasteiger partial charge in [-0.1, -0.05) is 5.16 Å². The lowest BCUT2D eigenvalue weighted by Gasteiger charge is -2.03.